The molecule has 2 aliphatic rings. The number of halogens is 5. The highest BCUT2D eigenvalue weighted by Gasteiger charge is 2.52. The number of alkyl halides is 3. The Morgan fingerprint density at radius 2 is 1.91 bits per heavy atom. The van der Waals surface area contributed by atoms with Crippen LogP contribution < -0.4 is 4.74 Å². The largest absolute Gasteiger partial charge is 0.465 e. The average Bonchev–Trinajstić information content (AvgIpc) is 2.68. The van der Waals surface area contributed by atoms with Gasteiger partial charge >= 0.3 is 27.3 Å². The third-order valence-corrected chi connectivity index (χ3v) is 7.57. The fourth-order valence-corrected chi connectivity index (χ4v) is 5.85. The van der Waals surface area contributed by atoms with E-state index in [0.717, 1.165) is 7.14 Å². The van der Waals surface area contributed by atoms with Gasteiger partial charge in [0, 0.05) is 22.8 Å². The quantitative estimate of drug-likeness (QED) is 0.268. The predicted molar refractivity (Wildman–Crippen MR) is 120 cm³/mol. The molecule has 1 atom stereocenters. The van der Waals surface area contributed by atoms with Crippen LogP contribution in [-0.4, -0.2) is 48.7 Å². The van der Waals surface area contributed by atoms with Gasteiger partial charge in [0.25, 0.3) is 5.79 Å². The van der Waals surface area contributed by atoms with Gasteiger partial charge in [0.2, 0.25) is 0 Å². The second-order valence-electron chi connectivity index (χ2n) is 7.40. The standard InChI is InChI=1S/C18H17F3I2O8S/c19-13(18(20,21)32(26,27)28)3-6-29-15(24)9-1-4-17(5-2-9)30-14-11(16(25)31-17)7-10(22)8-12(14)23/h7-9,13H,1-6H2,(H,26,27,28). The van der Waals surface area contributed by atoms with Gasteiger partial charge in [0.05, 0.1) is 16.1 Å². The number of esters is 2. The van der Waals surface area contributed by atoms with E-state index in [9.17, 15) is 31.2 Å². The van der Waals surface area contributed by atoms with Crippen LogP contribution >= 0.6 is 45.2 Å². The molecule has 1 aliphatic heterocycles. The van der Waals surface area contributed by atoms with Gasteiger partial charge in [-0.15, -0.1) is 0 Å². The van der Waals surface area contributed by atoms with Crippen LogP contribution in [0.5, 0.6) is 5.75 Å². The molecule has 178 valence electrons. The molecule has 1 unspecified atom stereocenters. The zero-order valence-electron chi connectivity index (χ0n) is 16.2. The van der Waals surface area contributed by atoms with Crippen LogP contribution in [0, 0.1) is 13.1 Å². The van der Waals surface area contributed by atoms with Gasteiger partial charge in [-0.05, 0) is 70.2 Å². The number of benzene rings is 1. The number of carbonyl (C=O) groups excluding carboxylic acids is 2. The van der Waals surface area contributed by atoms with Gasteiger partial charge in [0.1, 0.15) is 5.56 Å². The Morgan fingerprint density at radius 1 is 1.28 bits per heavy atom. The SMILES string of the molecule is O=C1OC2(CCC(C(=O)OCCC(F)C(F)(F)S(=O)(=O)O)CC2)Oc2c(I)cc(I)cc21. The third kappa shape index (κ3) is 5.27. The molecule has 0 radical (unpaired) electrons. The molecule has 32 heavy (non-hydrogen) atoms. The van der Waals surface area contributed by atoms with E-state index in [1.165, 1.54) is 0 Å². The average molecular weight is 704 g/mol. The van der Waals surface area contributed by atoms with Crippen LogP contribution in [0.2, 0.25) is 0 Å². The Balaban J connectivity index is 1.55. The predicted octanol–water partition coefficient (Wildman–Crippen LogP) is 4.08. The summed E-state index contributed by atoms with van der Waals surface area (Å²) in [5.41, 5.74) is 0.316. The Hall–Kier alpha value is -0.880. The van der Waals surface area contributed by atoms with Gasteiger partial charge in [-0.25, -0.2) is 9.18 Å². The number of rotatable bonds is 6. The maximum atomic E-state index is 13.5. The molecule has 0 saturated heterocycles. The summed E-state index contributed by atoms with van der Waals surface area (Å²) in [4.78, 5) is 24.7. The first kappa shape index (κ1) is 25.7. The van der Waals surface area contributed by atoms with Gasteiger partial charge in [-0.2, -0.15) is 17.2 Å². The van der Waals surface area contributed by atoms with Gasteiger partial charge in [-0.3, -0.25) is 9.35 Å². The highest BCUT2D eigenvalue weighted by Crippen LogP contribution is 2.44. The minimum Gasteiger partial charge on any atom is -0.465 e. The van der Waals surface area contributed by atoms with E-state index < -0.39 is 58.2 Å². The third-order valence-electron chi connectivity index (χ3n) is 5.20. The normalized spacial score (nSPS) is 24.3. The van der Waals surface area contributed by atoms with Crippen LogP contribution in [0.3, 0.4) is 0 Å². The van der Waals surface area contributed by atoms with Crippen molar-refractivity contribution in [1.82, 2.24) is 0 Å². The lowest BCUT2D eigenvalue weighted by Gasteiger charge is -2.41. The lowest BCUT2D eigenvalue weighted by molar-refractivity contribution is -0.184. The molecule has 1 heterocycles. The van der Waals surface area contributed by atoms with Crippen LogP contribution in [0.1, 0.15) is 42.5 Å². The molecule has 1 saturated carbocycles. The molecule has 1 aromatic rings. The molecule has 1 fully saturated rings. The van der Waals surface area contributed by atoms with Gasteiger partial charge in [0.15, 0.2) is 11.9 Å². The monoisotopic (exact) mass is 704 g/mol. The lowest BCUT2D eigenvalue weighted by atomic mass is 9.84. The molecule has 0 aromatic heterocycles. The maximum absolute atomic E-state index is 13.5. The zero-order valence-corrected chi connectivity index (χ0v) is 21.3. The van der Waals surface area contributed by atoms with Crippen molar-refractivity contribution >= 4 is 67.2 Å². The zero-order chi connectivity index (χ0) is 23.9. The summed E-state index contributed by atoms with van der Waals surface area (Å²) < 4.78 is 87.2. The topological polar surface area (TPSA) is 116 Å². The number of hydrogen-bond acceptors (Lipinski definition) is 7. The molecule has 0 amide bonds. The second kappa shape index (κ2) is 9.40. The number of carbonyl (C=O) groups is 2. The summed E-state index contributed by atoms with van der Waals surface area (Å²) in [6.07, 6.45) is -3.55. The maximum Gasteiger partial charge on any atom is 0.400 e. The van der Waals surface area contributed by atoms with E-state index >= 15 is 0 Å². The molecular weight excluding hydrogens is 687 g/mol. The molecule has 14 heteroatoms. The van der Waals surface area contributed by atoms with Crippen molar-refractivity contribution in [3.05, 3.63) is 24.8 Å². The minimum absolute atomic E-state index is 0.187. The van der Waals surface area contributed by atoms with Crippen molar-refractivity contribution in [2.45, 2.75) is 49.3 Å². The Morgan fingerprint density at radius 3 is 2.50 bits per heavy atom. The first-order valence-electron chi connectivity index (χ1n) is 9.33. The van der Waals surface area contributed by atoms with Crippen LogP contribution in [0.25, 0.3) is 0 Å². The van der Waals surface area contributed by atoms with Crippen LogP contribution in [-0.2, 0) is 24.4 Å². The lowest BCUT2D eigenvalue weighted by Crippen LogP contribution is -2.48. The van der Waals surface area contributed by atoms with Crippen molar-refractivity contribution in [2.75, 3.05) is 6.61 Å². The van der Waals surface area contributed by atoms with E-state index in [1.807, 2.05) is 6.07 Å². The number of fused-ring (bicyclic) bond motifs is 1. The number of ether oxygens (including phenoxy) is 3. The highest BCUT2D eigenvalue weighted by atomic mass is 127. The van der Waals surface area contributed by atoms with E-state index in [1.54, 1.807) is 6.07 Å². The summed E-state index contributed by atoms with van der Waals surface area (Å²) in [7, 11) is -5.93. The van der Waals surface area contributed by atoms with E-state index in [4.69, 9.17) is 18.8 Å². The molecular formula is C18H17F3I2O8S. The second-order valence-corrected chi connectivity index (χ2v) is 11.3. The summed E-state index contributed by atoms with van der Waals surface area (Å²) in [6, 6.07) is 3.50. The molecule has 3 rings (SSSR count). The molecule has 1 N–H and O–H groups in total. The van der Waals surface area contributed by atoms with E-state index in [-0.39, 0.29) is 25.7 Å². The van der Waals surface area contributed by atoms with Gasteiger partial charge < -0.3 is 14.2 Å². The Labute approximate surface area is 208 Å². The van der Waals surface area contributed by atoms with Crippen molar-refractivity contribution in [3.8, 4) is 5.75 Å². The molecule has 1 aliphatic carbocycles. The first-order valence-corrected chi connectivity index (χ1v) is 12.9. The van der Waals surface area contributed by atoms with Gasteiger partial charge in [-0.1, -0.05) is 0 Å². The summed E-state index contributed by atoms with van der Waals surface area (Å²) in [5, 5.41) is -5.00. The Kier molecular flexibility index (Phi) is 7.56. The summed E-state index contributed by atoms with van der Waals surface area (Å²) >= 11 is 4.13. The van der Waals surface area contributed by atoms with Crippen LogP contribution in [0.4, 0.5) is 13.2 Å². The van der Waals surface area contributed by atoms with Crippen molar-refractivity contribution in [1.29, 1.82) is 0 Å². The Bertz CT molecular complexity index is 1030. The number of hydrogen-bond donors (Lipinski definition) is 1. The van der Waals surface area contributed by atoms with Crippen LogP contribution in [0.15, 0.2) is 12.1 Å². The molecule has 0 bridgehead atoms. The van der Waals surface area contributed by atoms with E-state index in [2.05, 4.69) is 45.2 Å². The fourth-order valence-electron chi connectivity index (χ4n) is 3.45. The molecule has 1 aromatic carbocycles. The van der Waals surface area contributed by atoms with Crippen molar-refractivity contribution in [2.24, 2.45) is 5.92 Å². The highest BCUT2D eigenvalue weighted by molar-refractivity contribution is 14.1. The molecule has 1 spiro atoms. The van der Waals surface area contributed by atoms with Crippen molar-refractivity contribution in [3.63, 3.8) is 0 Å². The fraction of sp³-hybridized carbons (Fsp3) is 0.556. The summed E-state index contributed by atoms with van der Waals surface area (Å²) in [6.45, 7) is -0.789. The summed E-state index contributed by atoms with van der Waals surface area (Å²) in [5.74, 6) is -2.77. The van der Waals surface area contributed by atoms with Crippen molar-refractivity contribution < 1.29 is 49.9 Å². The van der Waals surface area contributed by atoms with E-state index in [0.29, 0.717) is 11.3 Å². The first-order chi connectivity index (χ1) is 14.8. The smallest absolute Gasteiger partial charge is 0.400 e. The minimum atomic E-state index is -5.93. The molecule has 8 nitrogen and oxygen atoms in total.